The average Bonchev–Trinajstić information content (AvgIpc) is 2.97. The molecule has 0 radical (unpaired) electrons. The molecule has 2 aliphatic heterocycles. The maximum absolute atomic E-state index is 13.0. The van der Waals surface area contributed by atoms with Crippen LogP contribution in [0.5, 0.6) is 0 Å². The Kier molecular flexibility index (Phi) is 4.28. The maximum atomic E-state index is 13.0. The Morgan fingerprint density at radius 3 is 2.60 bits per heavy atom. The topological polar surface area (TPSA) is 34.5 Å². The van der Waals surface area contributed by atoms with Crippen molar-refractivity contribution in [2.45, 2.75) is 57.3 Å². The summed E-state index contributed by atoms with van der Waals surface area (Å²) < 4.78 is 20.8. The second-order valence-corrected chi connectivity index (χ2v) is 7.37. The lowest BCUT2D eigenvalue weighted by molar-refractivity contribution is -0.000354. The quantitative estimate of drug-likeness (QED) is 0.793. The van der Waals surface area contributed by atoms with E-state index in [1.807, 2.05) is 35.8 Å². The fourth-order valence-electron chi connectivity index (χ4n) is 4.73. The van der Waals surface area contributed by atoms with E-state index in [9.17, 15) is 9.18 Å². The van der Waals surface area contributed by atoms with Crippen molar-refractivity contribution >= 4 is 16.9 Å². The van der Waals surface area contributed by atoms with Crippen molar-refractivity contribution in [3.63, 3.8) is 0 Å². The number of hydrogen-bond acceptors (Lipinski definition) is 3. The minimum absolute atomic E-state index is 0.0103. The summed E-state index contributed by atoms with van der Waals surface area (Å²) in [6.07, 6.45) is 4.22. The van der Waals surface area contributed by atoms with Gasteiger partial charge in [0, 0.05) is 41.5 Å². The van der Waals surface area contributed by atoms with Crippen LogP contribution in [0.3, 0.4) is 0 Å². The Hall–Kier alpha value is -1.88. The predicted molar refractivity (Wildman–Crippen MR) is 95.7 cm³/mol. The summed E-state index contributed by atoms with van der Waals surface area (Å²) in [7, 11) is 2.18. The van der Waals surface area contributed by atoms with Crippen LogP contribution in [0.2, 0.25) is 0 Å². The minimum Gasteiger partial charge on any atom is -0.459 e. The van der Waals surface area contributed by atoms with Crippen molar-refractivity contribution in [2.75, 3.05) is 13.7 Å². The van der Waals surface area contributed by atoms with Crippen molar-refractivity contribution in [2.24, 2.45) is 0 Å². The zero-order valence-electron chi connectivity index (χ0n) is 14.9. The number of carbonyl (C=O) groups excluding carboxylic acids is 1. The van der Waals surface area contributed by atoms with Crippen molar-refractivity contribution < 1.29 is 13.9 Å². The molecule has 2 aromatic rings. The fourth-order valence-corrected chi connectivity index (χ4v) is 4.73. The molecule has 4 nitrogen and oxygen atoms in total. The van der Waals surface area contributed by atoms with Crippen LogP contribution < -0.4 is 0 Å². The van der Waals surface area contributed by atoms with Gasteiger partial charge in [-0.2, -0.15) is 0 Å². The fraction of sp³-hybridized carbons (Fsp3) is 0.550. The number of halogens is 1. The highest BCUT2D eigenvalue weighted by Gasteiger charge is 2.40. The van der Waals surface area contributed by atoms with Gasteiger partial charge in [0.05, 0.1) is 12.1 Å². The van der Waals surface area contributed by atoms with Crippen molar-refractivity contribution in [3.05, 3.63) is 35.5 Å². The molecule has 0 spiro atoms. The van der Waals surface area contributed by atoms with Crippen LogP contribution in [0.4, 0.5) is 4.39 Å². The first kappa shape index (κ1) is 16.6. The first-order chi connectivity index (χ1) is 12.1. The Labute approximate surface area is 147 Å². The summed E-state index contributed by atoms with van der Waals surface area (Å²) in [5.74, 6) is -0.264. The summed E-state index contributed by atoms with van der Waals surface area (Å²) in [6, 6.07) is 8.75. The standard InChI is InChI=1S/C20H25FN2O2/c1-13-19(17-5-3-4-6-18(17)23(13)10-9-21)20(24)25-16-11-14-7-8-15(12-16)22(14)2/h3-6,14-16H,7-12H2,1-2H3. The molecule has 0 amide bonds. The van der Waals surface area contributed by atoms with Gasteiger partial charge in [0.1, 0.15) is 12.8 Å². The number of esters is 1. The molecule has 2 atom stereocenters. The molecule has 3 heterocycles. The Balaban J connectivity index is 1.61. The smallest absolute Gasteiger partial charge is 0.340 e. The number of alkyl halides is 1. The molecule has 5 heteroatoms. The van der Waals surface area contributed by atoms with Gasteiger partial charge < -0.3 is 14.2 Å². The van der Waals surface area contributed by atoms with Gasteiger partial charge in [-0.1, -0.05) is 18.2 Å². The number of aromatic nitrogens is 1. The predicted octanol–water partition coefficient (Wildman–Crippen LogP) is 3.70. The SMILES string of the molecule is Cc1c(C(=O)OC2CC3CCC(C2)N3C)c2ccccc2n1CCF. The van der Waals surface area contributed by atoms with E-state index in [1.165, 1.54) is 12.8 Å². The molecule has 2 bridgehead atoms. The van der Waals surface area contributed by atoms with Crippen LogP contribution in [0, 0.1) is 6.92 Å². The van der Waals surface area contributed by atoms with Gasteiger partial charge in [0.25, 0.3) is 0 Å². The van der Waals surface area contributed by atoms with Gasteiger partial charge in [-0.05, 0) is 32.9 Å². The summed E-state index contributed by atoms with van der Waals surface area (Å²) >= 11 is 0. The number of rotatable bonds is 4. The van der Waals surface area contributed by atoms with E-state index in [1.54, 1.807) is 0 Å². The van der Waals surface area contributed by atoms with Crippen LogP contribution in [0.25, 0.3) is 10.9 Å². The third-order valence-corrected chi connectivity index (χ3v) is 6.07. The van der Waals surface area contributed by atoms with E-state index in [-0.39, 0.29) is 18.6 Å². The number of ether oxygens (including phenoxy) is 1. The molecule has 0 saturated carbocycles. The van der Waals surface area contributed by atoms with E-state index in [0.29, 0.717) is 17.6 Å². The number of benzene rings is 1. The van der Waals surface area contributed by atoms with Crippen LogP contribution in [0.15, 0.2) is 24.3 Å². The van der Waals surface area contributed by atoms with Gasteiger partial charge in [0.2, 0.25) is 0 Å². The lowest BCUT2D eigenvalue weighted by Crippen LogP contribution is -2.43. The monoisotopic (exact) mass is 344 g/mol. The first-order valence-corrected chi connectivity index (χ1v) is 9.17. The first-order valence-electron chi connectivity index (χ1n) is 9.17. The molecule has 0 N–H and O–H groups in total. The molecule has 2 aliphatic rings. The molecule has 0 aliphatic carbocycles. The van der Waals surface area contributed by atoms with Crippen LogP contribution in [-0.2, 0) is 11.3 Å². The number of fused-ring (bicyclic) bond motifs is 3. The zero-order chi connectivity index (χ0) is 17.6. The molecule has 2 saturated heterocycles. The lowest BCUT2D eigenvalue weighted by Gasteiger charge is -2.35. The van der Waals surface area contributed by atoms with Crippen molar-refractivity contribution in [3.8, 4) is 0 Å². The van der Waals surface area contributed by atoms with Gasteiger partial charge >= 0.3 is 5.97 Å². The minimum atomic E-state index is -0.452. The van der Waals surface area contributed by atoms with Crippen LogP contribution >= 0.6 is 0 Å². The second-order valence-electron chi connectivity index (χ2n) is 7.37. The van der Waals surface area contributed by atoms with E-state index in [2.05, 4.69) is 11.9 Å². The van der Waals surface area contributed by atoms with E-state index in [4.69, 9.17) is 4.74 Å². The normalized spacial score (nSPS) is 26.3. The van der Waals surface area contributed by atoms with E-state index < -0.39 is 6.67 Å². The Morgan fingerprint density at radius 1 is 1.24 bits per heavy atom. The number of piperidine rings is 1. The van der Waals surface area contributed by atoms with Gasteiger partial charge in [0.15, 0.2) is 0 Å². The summed E-state index contributed by atoms with van der Waals surface area (Å²) in [6.45, 7) is 1.69. The molecule has 4 rings (SSSR count). The second kappa shape index (κ2) is 6.45. The van der Waals surface area contributed by atoms with Gasteiger partial charge in [-0.25, -0.2) is 9.18 Å². The van der Waals surface area contributed by atoms with Gasteiger partial charge in [-0.3, -0.25) is 0 Å². The Bertz CT molecular complexity index is 786. The van der Waals surface area contributed by atoms with Crippen molar-refractivity contribution in [1.29, 1.82) is 0 Å². The summed E-state index contributed by atoms with van der Waals surface area (Å²) in [5.41, 5.74) is 2.28. The number of carbonyl (C=O) groups is 1. The molecule has 1 aromatic carbocycles. The molecular weight excluding hydrogens is 319 g/mol. The number of hydrogen-bond donors (Lipinski definition) is 0. The highest BCUT2D eigenvalue weighted by atomic mass is 19.1. The largest absolute Gasteiger partial charge is 0.459 e. The number of para-hydroxylation sites is 1. The molecule has 2 unspecified atom stereocenters. The lowest BCUT2D eigenvalue weighted by atomic mass is 10.0. The third kappa shape index (κ3) is 2.74. The van der Waals surface area contributed by atoms with Crippen LogP contribution in [0.1, 0.15) is 41.7 Å². The summed E-state index contributed by atoms with van der Waals surface area (Å²) in [4.78, 5) is 15.4. The summed E-state index contributed by atoms with van der Waals surface area (Å²) in [5, 5.41) is 0.856. The van der Waals surface area contributed by atoms with Crippen LogP contribution in [-0.4, -0.2) is 47.3 Å². The van der Waals surface area contributed by atoms with Gasteiger partial charge in [-0.15, -0.1) is 0 Å². The average molecular weight is 344 g/mol. The van der Waals surface area contributed by atoms with E-state index >= 15 is 0 Å². The highest BCUT2D eigenvalue weighted by Crippen LogP contribution is 2.36. The van der Waals surface area contributed by atoms with Crippen molar-refractivity contribution in [1.82, 2.24) is 9.47 Å². The molecular formula is C20H25FN2O2. The molecule has 134 valence electrons. The highest BCUT2D eigenvalue weighted by molar-refractivity contribution is 6.06. The Morgan fingerprint density at radius 2 is 1.92 bits per heavy atom. The third-order valence-electron chi connectivity index (χ3n) is 6.07. The molecule has 2 fully saturated rings. The molecule has 1 aromatic heterocycles. The molecule has 25 heavy (non-hydrogen) atoms. The number of nitrogens with zero attached hydrogens (tertiary/aromatic N) is 2. The zero-order valence-corrected chi connectivity index (χ0v) is 14.9. The van der Waals surface area contributed by atoms with E-state index in [0.717, 1.165) is 29.4 Å². The maximum Gasteiger partial charge on any atom is 0.340 e. The number of aryl methyl sites for hydroxylation is 1.